The topological polar surface area (TPSA) is 49.8 Å². The van der Waals surface area contributed by atoms with Crippen molar-refractivity contribution < 1.29 is 14.6 Å². The first-order valence-corrected chi connectivity index (χ1v) is 9.76. The fourth-order valence-corrected chi connectivity index (χ4v) is 5.28. The molecule has 1 aromatic rings. The maximum absolute atomic E-state index is 13.1. The Balaban J connectivity index is 1.52. The fraction of sp³-hybridized carbons (Fsp3) is 0.667. The van der Waals surface area contributed by atoms with Crippen LogP contribution in [0.3, 0.4) is 0 Å². The van der Waals surface area contributed by atoms with Gasteiger partial charge >= 0.3 is 5.97 Å². The summed E-state index contributed by atoms with van der Waals surface area (Å²) in [7, 11) is 2.19. The molecule has 0 radical (unpaired) electrons. The number of carbonyl (C=O) groups is 1. The number of piperidine rings is 1. The summed E-state index contributed by atoms with van der Waals surface area (Å²) in [6.07, 6.45) is 7.59. The number of ether oxygens (including phenoxy) is 1. The summed E-state index contributed by atoms with van der Waals surface area (Å²) in [5.74, 6) is -0.793. The molecule has 3 atom stereocenters. The van der Waals surface area contributed by atoms with Gasteiger partial charge in [-0.05, 0) is 51.1 Å². The quantitative estimate of drug-likeness (QED) is 0.853. The Morgan fingerprint density at radius 1 is 1.16 bits per heavy atom. The molecule has 1 N–H and O–H groups in total. The number of rotatable bonds is 4. The van der Waals surface area contributed by atoms with Gasteiger partial charge in [0, 0.05) is 12.1 Å². The van der Waals surface area contributed by atoms with Crippen LogP contribution in [0.15, 0.2) is 30.3 Å². The van der Waals surface area contributed by atoms with Crippen molar-refractivity contribution in [2.45, 2.75) is 81.1 Å². The molecule has 3 fully saturated rings. The number of hydrogen-bond acceptors (Lipinski definition) is 4. The molecule has 0 aromatic heterocycles. The number of hydrogen-bond donors (Lipinski definition) is 1. The van der Waals surface area contributed by atoms with Crippen molar-refractivity contribution in [3.63, 3.8) is 0 Å². The van der Waals surface area contributed by atoms with Crippen LogP contribution in [0.5, 0.6) is 0 Å². The summed E-state index contributed by atoms with van der Waals surface area (Å²) in [5, 5.41) is 11.2. The van der Waals surface area contributed by atoms with Crippen LogP contribution in [0.2, 0.25) is 0 Å². The van der Waals surface area contributed by atoms with Crippen LogP contribution in [0.4, 0.5) is 0 Å². The van der Waals surface area contributed by atoms with Crippen LogP contribution in [0.25, 0.3) is 0 Å². The molecule has 1 aliphatic carbocycles. The molecule has 4 heteroatoms. The molecule has 25 heavy (non-hydrogen) atoms. The Labute approximate surface area is 150 Å². The Morgan fingerprint density at radius 2 is 1.76 bits per heavy atom. The van der Waals surface area contributed by atoms with Crippen molar-refractivity contribution in [1.29, 1.82) is 0 Å². The molecular weight excluding hydrogens is 314 g/mol. The van der Waals surface area contributed by atoms with E-state index in [1.165, 1.54) is 12.8 Å². The van der Waals surface area contributed by atoms with Gasteiger partial charge in [-0.2, -0.15) is 0 Å². The second kappa shape index (κ2) is 6.73. The lowest BCUT2D eigenvalue weighted by Gasteiger charge is -2.38. The second-order valence-corrected chi connectivity index (χ2v) is 8.24. The van der Waals surface area contributed by atoms with Crippen molar-refractivity contribution in [1.82, 2.24) is 4.90 Å². The van der Waals surface area contributed by atoms with E-state index in [4.69, 9.17) is 4.74 Å². The van der Waals surface area contributed by atoms with E-state index in [2.05, 4.69) is 11.9 Å². The van der Waals surface area contributed by atoms with Crippen molar-refractivity contribution in [2.24, 2.45) is 0 Å². The van der Waals surface area contributed by atoms with Gasteiger partial charge in [0.05, 0.1) is 5.60 Å². The van der Waals surface area contributed by atoms with E-state index < -0.39 is 11.5 Å². The van der Waals surface area contributed by atoms with E-state index in [1.807, 2.05) is 30.3 Å². The van der Waals surface area contributed by atoms with Crippen LogP contribution in [0, 0.1) is 0 Å². The number of benzene rings is 1. The first-order valence-electron chi connectivity index (χ1n) is 9.76. The van der Waals surface area contributed by atoms with E-state index >= 15 is 0 Å². The third kappa shape index (κ3) is 3.22. The van der Waals surface area contributed by atoms with Crippen molar-refractivity contribution >= 4 is 5.97 Å². The number of nitrogens with zero attached hydrogens (tertiary/aromatic N) is 1. The average molecular weight is 343 g/mol. The van der Waals surface area contributed by atoms with E-state index in [1.54, 1.807) is 0 Å². The van der Waals surface area contributed by atoms with Crippen molar-refractivity contribution in [3.8, 4) is 0 Å². The van der Waals surface area contributed by atoms with Gasteiger partial charge in [-0.15, -0.1) is 0 Å². The molecule has 0 amide bonds. The minimum atomic E-state index is -0.955. The molecule has 4 nitrogen and oxygen atoms in total. The van der Waals surface area contributed by atoms with Crippen molar-refractivity contribution in [2.75, 3.05) is 7.05 Å². The van der Waals surface area contributed by atoms with E-state index in [0.29, 0.717) is 24.9 Å². The highest BCUT2D eigenvalue weighted by Gasteiger charge is 2.47. The first-order chi connectivity index (χ1) is 12.1. The highest BCUT2D eigenvalue weighted by molar-refractivity contribution is 5.80. The van der Waals surface area contributed by atoms with E-state index in [0.717, 1.165) is 31.2 Å². The lowest BCUT2D eigenvalue weighted by molar-refractivity contribution is -0.161. The lowest BCUT2D eigenvalue weighted by Crippen LogP contribution is -2.45. The van der Waals surface area contributed by atoms with Gasteiger partial charge in [-0.1, -0.05) is 43.2 Å². The van der Waals surface area contributed by atoms with Crippen molar-refractivity contribution in [3.05, 3.63) is 35.9 Å². The molecule has 1 aromatic carbocycles. The Morgan fingerprint density at radius 3 is 2.36 bits per heavy atom. The molecule has 2 bridgehead atoms. The third-order valence-corrected chi connectivity index (χ3v) is 6.71. The van der Waals surface area contributed by atoms with E-state index in [-0.39, 0.29) is 12.1 Å². The molecule has 2 aliphatic heterocycles. The Hall–Kier alpha value is -1.39. The molecule has 1 saturated carbocycles. The summed E-state index contributed by atoms with van der Waals surface area (Å²) in [6, 6.07) is 10.8. The molecule has 0 spiro atoms. The minimum absolute atomic E-state index is 0.00239. The standard InChI is InChI=1S/C21H29NO3/c1-22-16-9-10-17(22)14-18(13-16)25-20(23)19(15-7-3-2-4-8-15)21(24)11-5-6-12-21/h2-4,7-8,16-19,24H,5-6,9-14H2,1H3. The molecule has 3 unspecified atom stereocenters. The predicted octanol–water partition coefficient (Wildman–Crippen LogP) is 3.24. The summed E-state index contributed by atoms with van der Waals surface area (Å²) in [6.45, 7) is 0. The van der Waals surface area contributed by atoms with Gasteiger partial charge < -0.3 is 14.7 Å². The third-order valence-electron chi connectivity index (χ3n) is 6.71. The first kappa shape index (κ1) is 17.0. The molecular formula is C21H29NO3. The highest BCUT2D eigenvalue weighted by atomic mass is 16.5. The van der Waals surface area contributed by atoms with Crippen LogP contribution in [-0.4, -0.2) is 46.8 Å². The molecule has 2 heterocycles. The summed E-state index contributed by atoms with van der Waals surface area (Å²) in [5.41, 5.74) is -0.0733. The zero-order valence-corrected chi connectivity index (χ0v) is 15.1. The van der Waals surface area contributed by atoms with Gasteiger partial charge in [0.25, 0.3) is 0 Å². The smallest absolute Gasteiger partial charge is 0.316 e. The zero-order valence-electron chi connectivity index (χ0n) is 15.1. The SMILES string of the molecule is CN1C2CCC1CC(OC(=O)C(c1ccccc1)C1(O)CCCC1)C2. The van der Waals surface area contributed by atoms with Crippen LogP contribution >= 0.6 is 0 Å². The van der Waals surface area contributed by atoms with Crippen LogP contribution in [0.1, 0.15) is 62.8 Å². The van der Waals surface area contributed by atoms with Gasteiger partial charge in [0.15, 0.2) is 0 Å². The van der Waals surface area contributed by atoms with Crippen LogP contribution in [-0.2, 0) is 9.53 Å². The normalized spacial score (nSPS) is 32.5. The largest absolute Gasteiger partial charge is 0.462 e. The number of fused-ring (bicyclic) bond motifs is 2. The summed E-state index contributed by atoms with van der Waals surface area (Å²) < 4.78 is 5.99. The number of aliphatic hydroxyl groups is 1. The Bertz CT molecular complexity index is 597. The average Bonchev–Trinajstić information content (AvgIpc) is 3.09. The Kier molecular flexibility index (Phi) is 4.59. The van der Waals surface area contributed by atoms with Gasteiger partial charge in [0.2, 0.25) is 0 Å². The molecule has 3 aliphatic rings. The minimum Gasteiger partial charge on any atom is -0.462 e. The molecule has 136 valence electrons. The molecule has 2 saturated heterocycles. The summed E-state index contributed by atoms with van der Waals surface area (Å²) >= 11 is 0. The number of carbonyl (C=O) groups excluding carboxylic acids is 1. The highest BCUT2D eigenvalue weighted by Crippen LogP contribution is 2.43. The second-order valence-electron chi connectivity index (χ2n) is 8.24. The molecule has 4 rings (SSSR count). The van der Waals surface area contributed by atoms with E-state index in [9.17, 15) is 9.90 Å². The monoisotopic (exact) mass is 343 g/mol. The maximum atomic E-state index is 13.1. The lowest BCUT2D eigenvalue weighted by atomic mass is 9.80. The predicted molar refractivity (Wildman–Crippen MR) is 96.3 cm³/mol. The maximum Gasteiger partial charge on any atom is 0.316 e. The fourth-order valence-electron chi connectivity index (χ4n) is 5.28. The van der Waals surface area contributed by atoms with Gasteiger partial charge in [0.1, 0.15) is 12.0 Å². The summed E-state index contributed by atoms with van der Waals surface area (Å²) in [4.78, 5) is 15.6. The zero-order chi connectivity index (χ0) is 17.4. The number of esters is 1. The van der Waals surface area contributed by atoms with Crippen LogP contribution < -0.4 is 0 Å². The van der Waals surface area contributed by atoms with Gasteiger partial charge in [-0.3, -0.25) is 4.79 Å². The van der Waals surface area contributed by atoms with Gasteiger partial charge in [-0.25, -0.2) is 0 Å².